The van der Waals surface area contributed by atoms with Gasteiger partial charge in [0.2, 0.25) is 11.8 Å². The zero-order valence-electron chi connectivity index (χ0n) is 25.0. The number of benzene rings is 3. The van der Waals surface area contributed by atoms with Crippen molar-refractivity contribution in [2.45, 2.75) is 71.0 Å². The lowest BCUT2D eigenvalue weighted by Gasteiger charge is -2.34. The molecule has 9 heteroatoms. The maximum atomic E-state index is 14.2. The van der Waals surface area contributed by atoms with Crippen LogP contribution in [-0.4, -0.2) is 50.4 Å². The Morgan fingerprint density at radius 2 is 1.51 bits per heavy atom. The second kappa shape index (κ2) is 13.2. The highest BCUT2D eigenvalue weighted by Crippen LogP contribution is 2.26. The summed E-state index contributed by atoms with van der Waals surface area (Å²) in [6.45, 7) is 10.8. The van der Waals surface area contributed by atoms with Crippen LogP contribution in [0.2, 0.25) is 0 Å². The average molecular weight is 580 g/mol. The smallest absolute Gasteiger partial charge is 0.264 e. The first-order chi connectivity index (χ1) is 19.2. The van der Waals surface area contributed by atoms with Crippen LogP contribution < -0.4 is 14.4 Å². The minimum absolute atomic E-state index is 0.0772. The van der Waals surface area contributed by atoms with Gasteiger partial charge in [-0.25, -0.2) is 8.42 Å². The van der Waals surface area contributed by atoms with Gasteiger partial charge in [0, 0.05) is 12.1 Å². The molecule has 0 fully saturated rings. The van der Waals surface area contributed by atoms with Crippen LogP contribution in [0.4, 0.5) is 5.69 Å². The van der Waals surface area contributed by atoms with Crippen LogP contribution in [0.3, 0.4) is 0 Å². The Morgan fingerprint density at radius 3 is 2.05 bits per heavy atom. The van der Waals surface area contributed by atoms with Crippen molar-refractivity contribution in [3.63, 3.8) is 0 Å². The quantitative estimate of drug-likeness (QED) is 0.336. The van der Waals surface area contributed by atoms with Gasteiger partial charge >= 0.3 is 0 Å². The molecule has 3 aromatic rings. The number of aryl methyl sites for hydroxylation is 2. The molecule has 0 radical (unpaired) electrons. The lowest BCUT2D eigenvalue weighted by atomic mass is 10.1. The van der Waals surface area contributed by atoms with E-state index < -0.39 is 34.1 Å². The number of carbonyl (C=O) groups is 2. The topological polar surface area (TPSA) is 96.0 Å². The molecule has 0 spiro atoms. The third-order valence-electron chi connectivity index (χ3n) is 6.58. The fourth-order valence-corrected chi connectivity index (χ4v) is 5.83. The molecule has 2 amide bonds. The molecule has 0 unspecified atom stereocenters. The van der Waals surface area contributed by atoms with E-state index in [4.69, 9.17) is 4.74 Å². The van der Waals surface area contributed by atoms with E-state index in [9.17, 15) is 18.0 Å². The van der Waals surface area contributed by atoms with Gasteiger partial charge in [0.25, 0.3) is 10.0 Å². The summed E-state index contributed by atoms with van der Waals surface area (Å²) in [6.07, 6.45) is 0.340. The van der Waals surface area contributed by atoms with Crippen LogP contribution in [0.15, 0.2) is 77.7 Å². The highest BCUT2D eigenvalue weighted by Gasteiger charge is 2.34. The van der Waals surface area contributed by atoms with E-state index in [-0.39, 0.29) is 17.3 Å². The fraction of sp³-hybridized carbons (Fsp3) is 0.375. The maximum absolute atomic E-state index is 14.2. The van der Waals surface area contributed by atoms with Gasteiger partial charge in [0.05, 0.1) is 17.7 Å². The molecule has 0 bridgehead atoms. The Labute approximate surface area is 244 Å². The first-order valence-electron chi connectivity index (χ1n) is 13.7. The summed E-state index contributed by atoms with van der Waals surface area (Å²) < 4.78 is 34.4. The van der Waals surface area contributed by atoms with Gasteiger partial charge in [0.15, 0.2) is 0 Å². The number of amides is 2. The first kappa shape index (κ1) is 31.7. The molecule has 0 saturated carbocycles. The van der Waals surface area contributed by atoms with Crippen molar-refractivity contribution in [2.24, 2.45) is 0 Å². The lowest BCUT2D eigenvalue weighted by molar-refractivity contribution is -0.141. The molecule has 0 aromatic heterocycles. The van der Waals surface area contributed by atoms with Crippen molar-refractivity contribution < 1.29 is 22.7 Å². The van der Waals surface area contributed by atoms with Gasteiger partial charge in [-0.2, -0.15) is 0 Å². The minimum atomic E-state index is -4.11. The van der Waals surface area contributed by atoms with Crippen LogP contribution >= 0.6 is 0 Å². The molecule has 220 valence electrons. The van der Waals surface area contributed by atoms with Gasteiger partial charge in [-0.1, -0.05) is 54.4 Å². The zero-order chi connectivity index (χ0) is 30.4. The van der Waals surface area contributed by atoms with Crippen molar-refractivity contribution >= 4 is 27.5 Å². The molecule has 0 aliphatic heterocycles. The van der Waals surface area contributed by atoms with Gasteiger partial charge in [-0.05, 0) is 83.0 Å². The molecule has 1 atom stereocenters. The van der Waals surface area contributed by atoms with Crippen LogP contribution in [-0.2, 0) is 26.2 Å². The summed E-state index contributed by atoms with van der Waals surface area (Å²) in [5.74, 6) is -0.190. The number of rotatable bonds is 11. The Bertz CT molecular complexity index is 1450. The molecular formula is C32H41N3O5S. The summed E-state index contributed by atoms with van der Waals surface area (Å²) in [6, 6.07) is 19.9. The molecule has 8 nitrogen and oxygen atoms in total. The number of nitrogens with zero attached hydrogens (tertiary/aromatic N) is 2. The Morgan fingerprint density at radius 1 is 0.927 bits per heavy atom. The fourth-order valence-electron chi connectivity index (χ4n) is 4.42. The normalized spacial score (nSPS) is 12.4. The zero-order valence-corrected chi connectivity index (χ0v) is 25.8. The SMILES string of the molecule is CC[C@@H](C(=O)NC(C)(C)C)N(Cc1cccc(OC)c1)C(=O)CN(c1ccc(C)cc1)S(=O)(=O)c1ccc(C)cc1. The van der Waals surface area contributed by atoms with Crippen molar-refractivity contribution in [2.75, 3.05) is 18.0 Å². The Hall–Kier alpha value is -3.85. The molecule has 0 aliphatic carbocycles. The summed E-state index contributed by atoms with van der Waals surface area (Å²) in [5, 5.41) is 2.98. The molecule has 0 heterocycles. The molecular weight excluding hydrogens is 538 g/mol. The van der Waals surface area contributed by atoms with Gasteiger partial charge in [-0.15, -0.1) is 0 Å². The van der Waals surface area contributed by atoms with E-state index in [0.29, 0.717) is 17.9 Å². The van der Waals surface area contributed by atoms with Crippen molar-refractivity contribution in [1.82, 2.24) is 10.2 Å². The second-order valence-corrected chi connectivity index (χ2v) is 13.1. The van der Waals surface area contributed by atoms with Crippen LogP contribution in [0.1, 0.15) is 50.8 Å². The number of hydrogen-bond donors (Lipinski definition) is 1. The van der Waals surface area contributed by atoms with Crippen molar-refractivity contribution in [1.29, 1.82) is 0 Å². The standard InChI is InChI=1S/C32H41N3O5S/c1-8-29(31(37)33-32(4,5)6)34(21-25-10-9-11-27(20-25)40-7)30(36)22-35(26-16-12-23(2)13-17-26)41(38,39)28-18-14-24(3)15-19-28/h9-20,29H,8,21-22H2,1-7H3,(H,33,37)/t29-/m0/s1. The Balaban J connectivity index is 2.07. The van der Waals surface area contributed by atoms with Crippen molar-refractivity contribution in [3.8, 4) is 5.75 Å². The summed E-state index contributed by atoms with van der Waals surface area (Å²) in [5.41, 5.74) is 2.47. The highest BCUT2D eigenvalue weighted by molar-refractivity contribution is 7.92. The predicted molar refractivity (Wildman–Crippen MR) is 162 cm³/mol. The number of hydrogen-bond acceptors (Lipinski definition) is 5. The molecule has 1 N–H and O–H groups in total. The van der Waals surface area contributed by atoms with Gasteiger partial charge < -0.3 is 15.0 Å². The van der Waals surface area contributed by atoms with Gasteiger partial charge in [0.1, 0.15) is 18.3 Å². The number of anilines is 1. The highest BCUT2D eigenvalue weighted by atomic mass is 32.2. The third-order valence-corrected chi connectivity index (χ3v) is 8.37. The van der Waals surface area contributed by atoms with E-state index in [2.05, 4.69) is 5.32 Å². The first-order valence-corrected chi connectivity index (χ1v) is 15.1. The van der Waals surface area contributed by atoms with E-state index in [1.54, 1.807) is 55.6 Å². The van der Waals surface area contributed by atoms with E-state index >= 15 is 0 Å². The monoisotopic (exact) mass is 579 g/mol. The van der Waals surface area contributed by atoms with E-state index in [1.807, 2.05) is 53.7 Å². The molecule has 41 heavy (non-hydrogen) atoms. The summed E-state index contributed by atoms with van der Waals surface area (Å²) in [4.78, 5) is 29.1. The molecule has 3 aromatic carbocycles. The van der Waals surface area contributed by atoms with Crippen LogP contribution in [0, 0.1) is 13.8 Å². The van der Waals surface area contributed by atoms with Crippen molar-refractivity contribution in [3.05, 3.63) is 89.5 Å². The number of ether oxygens (including phenoxy) is 1. The number of nitrogens with one attached hydrogen (secondary N) is 1. The molecule has 0 saturated heterocycles. The Kier molecular flexibility index (Phi) is 10.2. The maximum Gasteiger partial charge on any atom is 0.264 e. The molecule has 3 rings (SSSR count). The van der Waals surface area contributed by atoms with Crippen LogP contribution in [0.25, 0.3) is 0 Å². The van der Waals surface area contributed by atoms with E-state index in [0.717, 1.165) is 21.0 Å². The second-order valence-electron chi connectivity index (χ2n) is 11.2. The average Bonchev–Trinajstić information content (AvgIpc) is 2.91. The lowest BCUT2D eigenvalue weighted by Crippen LogP contribution is -2.55. The third kappa shape index (κ3) is 8.33. The number of carbonyl (C=O) groups excluding carboxylic acids is 2. The predicted octanol–water partition coefficient (Wildman–Crippen LogP) is 5.23. The summed E-state index contributed by atoms with van der Waals surface area (Å²) in [7, 11) is -2.55. The minimum Gasteiger partial charge on any atom is -0.497 e. The van der Waals surface area contributed by atoms with Gasteiger partial charge in [-0.3, -0.25) is 13.9 Å². The number of methoxy groups -OCH3 is 1. The number of sulfonamides is 1. The van der Waals surface area contributed by atoms with E-state index in [1.165, 1.54) is 17.0 Å². The largest absolute Gasteiger partial charge is 0.497 e. The van der Waals surface area contributed by atoms with Crippen LogP contribution in [0.5, 0.6) is 5.75 Å². The summed E-state index contributed by atoms with van der Waals surface area (Å²) >= 11 is 0. The molecule has 0 aliphatic rings.